The Morgan fingerprint density at radius 1 is 1.19 bits per heavy atom. The minimum Gasteiger partial charge on any atom is -0.299 e. The van der Waals surface area contributed by atoms with Crippen molar-refractivity contribution in [3.63, 3.8) is 0 Å². The second-order valence-corrected chi connectivity index (χ2v) is 5.01. The van der Waals surface area contributed by atoms with Gasteiger partial charge in [0.15, 0.2) is 0 Å². The average molecular weight is 222 g/mol. The summed E-state index contributed by atoms with van der Waals surface area (Å²) in [6.07, 6.45) is 0.624. The van der Waals surface area contributed by atoms with Gasteiger partial charge in [-0.3, -0.25) is 4.79 Å². The second-order valence-electron chi connectivity index (χ2n) is 5.01. The Balaban J connectivity index is 2.01. The van der Waals surface area contributed by atoms with Gasteiger partial charge in [-0.25, -0.2) is 8.78 Å². The largest absolute Gasteiger partial charge is 0.299 e. The van der Waals surface area contributed by atoms with E-state index >= 15 is 0 Å². The van der Waals surface area contributed by atoms with Gasteiger partial charge in [0.05, 0.1) is 10.8 Å². The van der Waals surface area contributed by atoms with Crippen molar-refractivity contribution >= 4 is 5.78 Å². The number of halogens is 2. The minimum atomic E-state index is -2.85. The molecule has 1 aromatic rings. The Labute approximate surface area is 92.5 Å². The summed E-state index contributed by atoms with van der Waals surface area (Å²) in [5.74, 6) is -3.22. The van der Waals surface area contributed by atoms with E-state index < -0.39 is 16.8 Å². The molecule has 0 heterocycles. The molecular formula is C13H12F2O. The lowest BCUT2D eigenvalue weighted by atomic mass is 9.29. The number of hydrogen-bond donors (Lipinski definition) is 0. The summed E-state index contributed by atoms with van der Waals surface area (Å²) in [4.78, 5) is 11.3. The first-order valence-electron chi connectivity index (χ1n) is 5.41. The molecule has 0 aromatic heterocycles. The Morgan fingerprint density at radius 3 is 2.19 bits per heavy atom. The molecule has 3 heteroatoms. The van der Waals surface area contributed by atoms with Crippen molar-refractivity contribution < 1.29 is 13.6 Å². The van der Waals surface area contributed by atoms with Crippen LogP contribution in [0.25, 0.3) is 0 Å². The van der Waals surface area contributed by atoms with Crippen LogP contribution in [0.2, 0.25) is 0 Å². The molecule has 0 amide bonds. The Morgan fingerprint density at radius 2 is 1.75 bits per heavy atom. The van der Waals surface area contributed by atoms with Crippen LogP contribution in [-0.4, -0.2) is 11.7 Å². The molecule has 0 radical (unpaired) electrons. The van der Waals surface area contributed by atoms with Crippen LogP contribution in [0.3, 0.4) is 0 Å². The SMILES string of the molecule is CC(=O)C12CC(c3ccccc3)(C1)C2(F)F. The molecule has 3 aliphatic rings. The maximum absolute atomic E-state index is 14.0. The lowest BCUT2D eigenvalue weighted by Gasteiger charge is -2.74. The third-order valence-corrected chi connectivity index (χ3v) is 4.41. The van der Waals surface area contributed by atoms with Gasteiger partial charge < -0.3 is 0 Å². The van der Waals surface area contributed by atoms with Gasteiger partial charge in [0.1, 0.15) is 5.78 Å². The van der Waals surface area contributed by atoms with Crippen LogP contribution >= 0.6 is 0 Å². The zero-order valence-electron chi connectivity index (χ0n) is 8.97. The molecule has 0 unspecified atom stereocenters. The highest BCUT2D eigenvalue weighted by Crippen LogP contribution is 2.81. The summed E-state index contributed by atoms with van der Waals surface area (Å²) in [6, 6.07) is 8.82. The number of alkyl halides is 2. The smallest absolute Gasteiger partial charge is 0.270 e. The lowest BCUT2D eigenvalue weighted by Crippen LogP contribution is -2.83. The lowest BCUT2D eigenvalue weighted by molar-refractivity contribution is -0.349. The summed E-state index contributed by atoms with van der Waals surface area (Å²) < 4.78 is 28.0. The number of carbonyl (C=O) groups excluding carboxylic acids is 1. The van der Waals surface area contributed by atoms with Gasteiger partial charge in [-0.1, -0.05) is 30.3 Å². The van der Waals surface area contributed by atoms with Crippen LogP contribution in [-0.2, 0) is 10.2 Å². The molecule has 0 N–H and O–H groups in total. The third-order valence-electron chi connectivity index (χ3n) is 4.41. The van der Waals surface area contributed by atoms with Crippen LogP contribution in [0.15, 0.2) is 30.3 Å². The molecule has 0 aliphatic heterocycles. The normalized spacial score (nSPS) is 38.4. The molecule has 0 spiro atoms. The van der Waals surface area contributed by atoms with E-state index in [1.807, 2.05) is 6.07 Å². The number of Topliss-reactive ketones (excluding diaryl/α,β-unsaturated/α-hetero) is 1. The van der Waals surface area contributed by atoms with E-state index in [-0.39, 0.29) is 5.78 Å². The van der Waals surface area contributed by atoms with Gasteiger partial charge in [0.25, 0.3) is 5.92 Å². The van der Waals surface area contributed by atoms with Crippen molar-refractivity contribution in [1.29, 1.82) is 0 Å². The van der Waals surface area contributed by atoms with Crippen molar-refractivity contribution in [3.8, 4) is 0 Å². The molecule has 0 atom stereocenters. The predicted octanol–water partition coefficient (Wildman–Crippen LogP) is 2.94. The number of rotatable bonds is 2. The van der Waals surface area contributed by atoms with E-state index in [0.29, 0.717) is 18.4 Å². The highest BCUT2D eigenvalue weighted by molar-refractivity contribution is 5.89. The van der Waals surface area contributed by atoms with Crippen LogP contribution in [0.1, 0.15) is 25.3 Å². The van der Waals surface area contributed by atoms with Crippen molar-refractivity contribution in [2.75, 3.05) is 0 Å². The molecule has 0 saturated heterocycles. The van der Waals surface area contributed by atoms with Crippen LogP contribution in [0.5, 0.6) is 0 Å². The highest BCUT2D eigenvalue weighted by Gasteiger charge is 2.90. The van der Waals surface area contributed by atoms with Crippen molar-refractivity contribution in [3.05, 3.63) is 35.9 Å². The second kappa shape index (κ2) is 2.53. The summed E-state index contributed by atoms with van der Waals surface area (Å²) in [7, 11) is 0. The van der Waals surface area contributed by atoms with Gasteiger partial charge >= 0.3 is 0 Å². The molecule has 1 nitrogen and oxygen atoms in total. The first kappa shape index (κ1) is 9.94. The summed E-state index contributed by atoms with van der Waals surface area (Å²) in [5, 5.41) is 0. The molecule has 3 aliphatic carbocycles. The molecule has 16 heavy (non-hydrogen) atoms. The molecule has 1 aromatic carbocycles. The minimum absolute atomic E-state index is 0.312. The van der Waals surface area contributed by atoms with Gasteiger partial charge in [-0.2, -0.15) is 0 Å². The van der Waals surface area contributed by atoms with Crippen molar-refractivity contribution in [1.82, 2.24) is 0 Å². The molecule has 3 fully saturated rings. The van der Waals surface area contributed by atoms with Gasteiger partial charge in [-0.05, 0) is 25.3 Å². The fourth-order valence-corrected chi connectivity index (χ4v) is 3.28. The zero-order chi connectivity index (χ0) is 11.6. The van der Waals surface area contributed by atoms with Crippen LogP contribution < -0.4 is 0 Å². The van der Waals surface area contributed by atoms with Gasteiger partial charge in [-0.15, -0.1) is 0 Å². The van der Waals surface area contributed by atoms with Crippen LogP contribution in [0.4, 0.5) is 8.78 Å². The third kappa shape index (κ3) is 0.741. The van der Waals surface area contributed by atoms with E-state index in [1.165, 1.54) is 6.92 Å². The number of ketones is 1. The summed E-state index contributed by atoms with van der Waals surface area (Å²) in [5.41, 5.74) is -1.73. The first-order valence-corrected chi connectivity index (χ1v) is 5.41. The molecule has 84 valence electrons. The van der Waals surface area contributed by atoms with E-state index in [2.05, 4.69) is 0 Å². The van der Waals surface area contributed by atoms with E-state index in [9.17, 15) is 13.6 Å². The Kier molecular flexibility index (Phi) is 1.57. The Hall–Kier alpha value is -1.25. The van der Waals surface area contributed by atoms with Gasteiger partial charge in [0.2, 0.25) is 0 Å². The standard InChI is InChI=1S/C13H12F2O/c1-9(16)11-7-12(8-11,13(11,14)15)10-5-3-2-4-6-10/h2-6H,7-8H2,1H3. The molecule has 3 saturated carbocycles. The zero-order valence-corrected chi connectivity index (χ0v) is 8.97. The van der Waals surface area contributed by atoms with E-state index in [4.69, 9.17) is 0 Å². The first-order chi connectivity index (χ1) is 7.46. The number of carbonyl (C=O) groups is 1. The van der Waals surface area contributed by atoms with Crippen molar-refractivity contribution in [2.45, 2.75) is 31.1 Å². The van der Waals surface area contributed by atoms with E-state index in [1.54, 1.807) is 24.3 Å². The Bertz CT molecular complexity index is 458. The fourth-order valence-electron chi connectivity index (χ4n) is 3.28. The quantitative estimate of drug-likeness (QED) is 0.751. The van der Waals surface area contributed by atoms with Gasteiger partial charge in [0, 0.05) is 0 Å². The maximum Gasteiger partial charge on any atom is 0.270 e. The number of benzene rings is 1. The number of hydrogen-bond acceptors (Lipinski definition) is 1. The van der Waals surface area contributed by atoms with E-state index in [0.717, 1.165) is 0 Å². The maximum atomic E-state index is 14.0. The summed E-state index contributed by atoms with van der Waals surface area (Å²) in [6.45, 7) is 1.28. The average Bonchev–Trinajstić information content (AvgIpc) is 2.16. The van der Waals surface area contributed by atoms with Crippen LogP contribution in [0, 0.1) is 5.41 Å². The topological polar surface area (TPSA) is 17.1 Å². The fraction of sp³-hybridized carbons (Fsp3) is 0.462. The highest BCUT2D eigenvalue weighted by atomic mass is 19.3. The summed E-state index contributed by atoms with van der Waals surface area (Å²) >= 11 is 0. The monoisotopic (exact) mass is 222 g/mol. The molecule has 4 rings (SSSR count). The predicted molar refractivity (Wildman–Crippen MR) is 55.4 cm³/mol. The van der Waals surface area contributed by atoms with Crippen molar-refractivity contribution in [2.24, 2.45) is 5.41 Å². The molecule has 2 bridgehead atoms. The molecular weight excluding hydrogens is 210 g/mol.